The van der Waals surface area contributed by atoms with Gasteiger partial charge in [-0.3, -0.25) is 19.9 Å². The van der Waals surface area contributed by atoms with E-state index in [1.54, 1.807) is 36.7 Å². The number of allylic oxidation sites excluding steroid dienone is 3. The first-order valence-electron chi connectivity index (χ1n) is 9.07. The zero-order chi connectivity index (χ0) is 19.8. The number of hydrogen-bond acceptors (Lipinski definition) is 6. The zero-order valence-electron chi connectivity index (χ0n) is 15.5. The first kappa shape index (κ1) is 19.3. The number of pyridine rings is 1. The molecule has 2 heterocycles. The van der Waals surface area contributed by atoms with E-state index in [1.807, 2.05) is 12.1 Å². The van der Waals surface area contributed by atoms with Crippen LogP contribution in [0.4, 0.5) is 5.69 Å². The molecule has 0 atom stereocenters. The smallest absolute Gasteiger partial charge is 0.255 e. The van der Waals surface area contributed by atoms with Crippen molar-refractivity contribution in [1.29, 1.82) is 0 Å². The maximum atomic E-state index is 12.5. The SMILES string of the molecule is N/C=C(\C=C(/C=O)NC(=O)c1ccc(N2CCCNC2)cc1)c1ccncc1. The molecule has 0 spiro atoms. The topological polar surface area (TPSA) is 100 Å². The lowest BCUT2D eigenvalue weighted by atomic mass is 10.1. The molecule has 7 nitrogen and oxygen atoms in total. The van der Waals surface area contributed by atoms with Gasteiger partial charge in [-0.25, -0.2) is 0 Å². The molecule has 0 radical (unpaired) electrons. The Morgan fingerprint density at radius 3 is 2.50 bits per heavy atom. The standard InChI is InChI=1S/C21H23N5O2/c22-13-18(16-6-9-23-10-7-16)12-19(14-27)25-21(28)17-2-4-20(5-3-17)26-11-1-8-24-15-26/h2-7,9-10,12-14,24H,1,8,11,15,22H2,(H,25,28)/b18-13+,19-12+. The molecule has 3 rings (SSSR count). The largest absolute Gasteiger partial charge is 0.404 e. The number of nitrogens with two attached hydrogens (primary N) is 1. The van der Waals surface area contributed by atoms with Gasteiger partial charge in [0.1, 0.15) is 0 Å². The van der Waals surface area contributed by atoms with E-state index in [0.29, 0.717) is 17.4 Å². The van der Waals surface area contributed by atoms with Crippen LogP contribution in [0.25, 0.3) is 5.57 Å². The Morgan fingerprint density at radius 1 is 1.14 bits per heavy atom. The van der Waals surface area contributed by atoms with Crippen molar-refractivity contribution in [2.45, 2.75) is 6.42 Å². The lowest BCUT2D eigenvalue weighted by molar-refractivity contribution is -0.105. The monoisotopic (exact) mass is 377 g/mol. The van der Waals surface area contributed by atoms with Crippen molar-refractivity contribution in [2.75, 3.05) is 24.7 Å². The fourth-order valence-corrected chi connectivity index (χ4v) is 2.97. The number of hydrogen-bond donors (Lipinski definition) is 3. The third kappa shape index (κ3) is 4.83. The number of anilines is 1. The normalized spacial score (nSPS) is 15.2. The van der Waals surface area contributed by atoms with Gasteiger partial charge < -0.3 is 16.0 Å². The molecule has 2 aromatic rings. The summed E-state index contributed by atoms with van der Waals surface area (Å²) in [5.41, 5.74) is 8.74. The molecular weight excluding hydrogens is 354 g/mol. The van der Waals surface area contributed by atoms with Crippen LogP contribution in [0, 0.1) is 0 Å². The second-order valence-electron chi connectivity index (χ2n) is 6.35. The highest BCUT2D eigenvalue weighted by Gasteiger charge is 2.12. The van der Waals surface area contributed by atoms with E-state index in [0.717, 1.165) is 37.4 Å². The Morgan fingerprint density at radius 2 is 1.89 bits per heavy atom. The molecule has 28 heavy (non-hydrogen) atoms. The molecule has 144 valence electrons. The number of carbonyl (C=O) groups is 2. The van der Waals surface area contributed by atoms with E-state index < -0.39 is 0 Å². The summed E-state index contributed by atoms with van der Waals surface area (Å²) in [6.07, 6.45) is 7.86. The first-order valence-corrected chi connectivity index (χ1v) is 9.07. The van der Waals surface area contributed by atoms with E-state index in [9.17, 15) is 9.59 Å². The Hall–Kier alpha value is -3.45. The van der Waals surface area contributed by atoms with Gasteiger partial charge >= 0.3 is 0 Å². The average Bonchev–Trinajstić information content (AvgIpc) is 2.77. The quantitative estimate of drug-likeness (QED) is 0.402. The minimum atomic E-state index is -0.354. The Bertz CT molecular complexity index is 869. The molecule has 1 saturated heterocycles. The summed E-state index contributed by atoms with van der Waals surface area (Å²) in [6, 6.07) is 10.9. The molecule has 1 aromatic carbocycles. The highest BCUT2D eigenvalue weighted by molar-refractivity contribution is 5.99. The molecule has 0 aliphatic carbocycles. The predicted molar refractivity (Wildman–Crippen MR) is 109 cm³/mol. The molecule has 0 saturated carbocycles. The zero-order valence-corrected chi connectivity index (χ0v) is 15.5. The maximum Gasteiger partial charge on any atom is 0.255 e. The summed E-state index contributed by atoms with van der Waals surface area (Å²) in [6.45, 7) is 2.81. The van der Waals surface area contributed by atoms with Crippen LogP contribution >= 0.6 is 0 Å². The molecule has 1 fully saturated rings. The van der Waals surface area contributed by atoms with Gasteiger partial charge in [0.25, 0.3) is 5.91 Å². The van der Waals surface area contributed by atoms with Gasteiger partial charge in [-0.2, -0.15) is 0 Å². The summed E-state index contributed by atoms with van der Waals surface area (Å²) in [5.74, 6) is -0.354. The summed E-state index contributed by atoms with van der Waals surface area (Å²) < 4.78 is 0. The molecule has 7 heteroatoms. The molecule has 1 aliphatic rings. The average molecular weight is 377 g/mol. The number of nitrogens with one attached hydrogen (secondary N) is 2. The number of carbonyl (C=O) groups excluding carboxylic acids is 2. The van der Waals surface area contributed by atoms with Crippen LogP contribution in [-0.2, 0) is 4.79 Å². The summed E-state index contributed by atoms with van der Waals surface area (Å²) in [5, 5.41) is 5.96. The molecule has 1 amide bonds. The Balaban J connectivity index is 1.70. The number of aldehydes is 1. The van der Waals surface area contributed by atoms with Gasteiger partial charge in [0.15, 0.2) is 6.29 Å². The van der Waals surface area contributed by atoms with Crippen molar-refractivity contribution in [3.05, 3.63) is 77.9 Å². The fraction of sp³-hybridized carbons (Fsp3) is 0.190. The van der Waals surface area contributed by atoms with E-state index >= 15 is 0 Å². The second kappa shape index (κ2) is 9.48. The Labute approximate surface area is 163 Å². The van der Waals surface area contributed by atoms with Gasteiger partial charge in [0.05, 0.1) is 12.4 Å². The molecule has 1 aliphatic heterocycles. The van der Waals surface area contributed by atoms with E-state index in [1.165, 1.54) is 12.3 Å². The van der Waals surface area contributed by atoms with Gasteiger partial charge in [-0.1, -0.05) is 0 Å². The molecular formula is C21H23N5O2. The lowest BCUT2D eigenvalue weighted by Gasteiger charge is -2.29. The predicted octanol–water partition coefficient (Wildman–Crippen LogP) is 1.65. The molecule has 0 bridgehead atoms. The number of benzene rings is 1. The summed E-state index contributed by atoms with van der Waals surface area (Å²) in [4.78, 5) is 30.1. The number of nitrogens with zero attached hydrogens (tertiary/aromatic N) is 2. The van der Waals surface area contributed by atoms with Crippen molar-refractivity contribution in [2.24, 2.45) is 5.73 Å². The van der Waals surface area contributed by atoms with Crippen molar-refractivity contribution >= 4 is 23.5 Å². The van der Waals surface area contributed by atoms with Crippen LogP contribution in [0.5, 0.6) is 0 Å². The van der Waals surface area contributed by atoms with Crippen molar-refractivity contribution in [3.63, 3.8) is 0 Å². The van der Waals surface area contributed by atoms with Crippen LogP contribution in [0.2, 0.25) is 0 Å². The molecule has 4 N–H and O–H groups in total. The van der Waals surface area contributed by atoms with Crippen LogP contribution in [-0.4, -0.2) is 36.9 Å². The number of rotatable bonds is 6. The highest BCUT2D eigenvalue weighted by atomic mass is 16.2. The molecule has 0 unspecified atom stereocenters. The second-order valence-corrected chi connectivity index (χ2v) is 6.35. The van der Waals surface area contributed by atoms with Gasteiger partial charge in [-0.05, 0) is 66.6 Å². The first-order chi connectivity index (χ1) is 13.7. The van der Waals surface area contributed by atoms with E-state index in [-0.39, 0.29) is 11.6 Å². The highest BCUT2D eigenvalue weighted by Crippen LogP contribution is 2.17. The minimum absolute atomic E-state index is 0.128. The van der Waals surface area contributed by atoms with E-state index in [4.69, 9.17) is 5.73 Å². The van der Waals surface area contributed by atoms with Gasteiger partial charge in [-0.15, -0.1) is 0 Å². The number of aromatic nitrogens is 1. The van der Waals surface area contributed by atoms with Crippen LogP contribution in [0.3, 0.4) is 0 Å². The van der Waals surface area contributed by atoms with Crippen molar-refractivity contribution in [3.8, 4) is 0 Å². The van der Waals surface area contributed by atoms with Crippen molar-refractivity contribution < 1.29 is 9.59 Å². The summed E-state index contributed by atoms with van der Waals surface area (Å²) in [7, 11) is 0. The van der Waals surface area contributed by atoms with Gasteiger partial charge in [0, 0.05) is 36.4 Å². The number of amides is 1. The maximum absolute atomic E-state index is 12.5. The van der Waals surface area contributed by atoms with Crippen LogP contribution in [0.15, 0.2) is 66.8 Å². The van der Waals surface area contributed by atoms with Crippen molar-refractivity contribution in [1.82, 2.24) is 15.6 Å². The third-order valence-corrected chi connectivity index (χ3v) is 4.47. The summed E-state index contributed by atoms with van der Waals surface area (Å²) >= 11 is 0. The molecule has 1 aromatic heterocycles. The van der Waals surface area contributed by atoms with E-state index in [2.05, 4.69) is 20.5 Å². The lowest BCUT2D eigenvalue weighted by Crippen LogP contribution is -2.41. The Kier molecular flexibility index (Phi) is 6.54. The van der Waals surface area contributed by atoms with Crippen LogP contribution in [0.1, 0.15) is 22.3 Å². The van der Waals surface area contributed by atoms with Crippen LogP contribution < -0.4 is 21.3 Å². The fourth-order valence-electron chi connectivity index (χ4n) is 2.97. The third-order valence-electron chi connectivity index (χ3n) is 4.47. The van der Waals surface area contributed by atoms with Gasteiger partial charge in [0.2, 0.25) is 0 Å². The minimum Gasteiger partial charge on any atom is -0.404 e.